The molecule has 0 atom stereocenters. The van der Waals surface area contributed by atoms with E-state index in [9.17, 15) is 0 Å². The van der Waals surface area contributed by atoms with Gasteiger partial charge in [0.1, 0.15) is 0 Å². The Morgan fingerprint density at radius 3 is 1.38 bits per heavy atom. The summed E-state index contributed by atoms with van der Waals surface area (Å²) in [5.41, 5.74) is 14.7. The van der Waals surface area contributed by atoms with Crippen molar-refractivity contribution in [2.45, 2.75) is 0 Å². The van der Waals surface area contributed by atoms with Crippen molar-refractivity contribution in [1.82, 2.24) is 0 Å². The molecule has 0 aromatic heterocycles. The van der Waals surface area contributed by atoms with Gasteiger partial charge in [-0.3, -0.25) is 0 Å². The van der Waals surface area contributed by atoms with Crippen LogP contribution in [0.5, 0.6) is 0 Å². The van der Waals surface area contributed by atoms with Gasteiger partial charge in [-0.25, -0.2) is 0 Å². The number of hydrogen-bond acceptors (Lipinski definition) is 2. The van der Waals surface area contributed by atoms with E-state index >= 15 is 0 Å². The topological polar surface area (TPSA) is 52.0 Å². The summed E-state index contributed by atoms with van der Waals surface area (Å²) in [6.45, 7) is 0. The van der Waals surface area contributed by atoms with Crippen LogP contribution in [0.3, 0.4) is 0 Å². The van der Waals surface area contributed by atoms with E-state index in [0.717, 1.165) is 22.1 Å². The van der Waals surface area contributed by atoms with Crippen LogP contribution >= 0.6 is 0 Å². The summed E-state index contributed by atoms with van der Waals surface area (Å²) in [7, 11) is 0. The van der Waals surface area contributed by atoms with Crippen molar-refractivity contribution in [3.05, 3.63) is 72.8 Å². The Kier molecular flexibility index (Phi) is 4.22. The van der Waals surface area contributed by atoms with Crippen LogP contribution in [-0.2, 0) is 0 Å². The first-order valence-electron chi connectivity index (χ1n) is 7.63. The van der Waals surface area contributed by atoms with Crippen molar-refractivity contribution in [2.75, 3.05) is 11.5 Å². The van der Waals surface area contributed by atoms with Gasteiger partial charge in [0.25, 0.3) is 0 Å². The standard InChI is InChI=1S/C20H16N2Se2/c21-19-15-7-3-1-5-13(15)9-11-17(19)23-24-18-12-10-14-6-2-4-8-16(14)20(18)22/h1-12H,21-22H2. The minimum absolute atomic E-state index is 0.317. The Labute approximate surface area is 152 Å². The molecule has 0 spiro atoms. The molecule has 0 saturated carbocycles. The molecule has 4 N–H and O–H groups in total. The quantitative estimate of drug-likeness (QED) is 0.379. The number of fused-ring (bicyclic) bond motifs is 2. The second-order valence-electron chi connectivity index (χ2n) is 5.56. The Bertz CT molecular complexity index is 959. The molecule has 4 rings (SSSR count). The predicted octanol–water partition coefficient (Wildman–Crippen LogP) is 2.43. The van der Waals surface area contributed by atoms with Crippen LogP contribution in [0.2, 0.25) is 0 Å². The summed E-state index contributed by atoms with van der Waals surface area (Å²) >= 11 is 0.634. The molecule has 0 bridgehead atoms. The normalized spacial score (nSPS) is 11.2. The summed E-state index contributed by atoms with van der Waals surface area (Å²) in [6, 6.07) is 25.3. The maximum absolute atomic E-state index is 6.41. The molecule has 0 heterocycles. The summed E-state index contributed by atoms with van der Waals surface area (Å²) in [5, 5.41) is 4.71. The number of nitrogens with two attached hydrogens (primary N) is 2. The number of rotatable bonds is 3. The van der Waals surface area contributed by atoms with Gasteiger partial charge in [0, 0.05) is 0 Å². The van der Waals surface area contributed by atoms with E-state index < -0.39 is 0 Å². The van der Waals surface area contributed by atoms with E-state index in [-0.39, 0.29) is 0 Å². The molecule has 0 unspecified atom stereocenters. The van der Waals surface area contributed by atoms with Crippen LogP contribution in [0.1, 0.15) is 0 Å². The van der Waals surface area contributed by atoms with Crippen LogP contribution in [0.15, 0.2) is 72.8 Å². The Morgan fingerprint density at radius 1 is 0.500 bits per heavy atom. The fraction of sp³-hybridized carbons (Fsp3) is 0. The third-order valence-electron chi connectivity index (χ3n) is 4.08. The monoisotopic (exact) mass is 444 g/mol. The van der Waals surface area contributed by atoms with Crippen LogP contribution < -0.4 is 20.4 Å². The SMILES string of the molecule is Nc1c([Se][Se]c2ccc3ccccc3c2N)ccc2ccccc12. The van der Waals surface area contributed by atoms with Crippen LogP contribution in [0, 0.1) is 0 Å². The summed E-state index contributed by atoms with van der Waals surface area (Å²) < 4.78 is 2.54. The minimum atomic E-state index is 0.317. The molecule has 0 aliphatic heterocycles. The van der Waals surface area contributed by atoms with Crippen molar-refractivity contribution in [3.8, 4) is 0 Å². The first-order valence-corrected chi connectivity index (χ1v) is 13.7. The molecule has 2 nitrogen and oxygen atoms in total. The fourth-order valence-corrected chi connectivity index (χ4v) is 9.65. The maximum atomic E-state index is 6.41. The van der Waals surface area contributed by atoms with Crippen molar-refractivity contribution < 1.29 is 0 Å². The van der Waals surface area contributed by atoms with Crippen LogP contribution in [0.4, 0.5) is 11.4 Å². The molecule has 4 aromatic carbocycles. The molecule has 4 heteroatoms. The van der Waals surface area contributed by atoms with Gasteiger partial charge >= 0.3 is 152 Å². The molecule has 0 saturated heterocycles. The molecule has 0 fully saturated rings. The Balaban J connectivity index is 1.66. The van der Waals surface area contributed by atoms with E-state index in [1.807, 2.05) is 24.3 Å². The zero-order chi connectivity index (χ0) is 16.5. The molecule has 0 aliphatic carbocycles. The van der Waals surface area contributed by atoms with Gasteiger partial charge in [-0.05, 0) is 0 Å². The van der Waals surface area contributed by atoms with Crippen molar-refractivity contribution in [3.63, 3.8) is 0 Å². The molecule has 24 heavy (non-hydrogen) atoms. The van der Waals surface area contributed by atoms with E-state index in [1.165, 1.54) is 19.7 Å². The molecule has 0 amide bonds. The Hall–Kier alpha value is -1.96. The van der Waals surface area contributed by atoms with Gasteiger partial charge in [0.15, 0.2) is 0 Å². The second kappa shape index (κ2) is 6.50. The van der Waals surface area contributed by atoms with Crippen LogP contribution in [0.25, 0.3) is 21.5 Å². The van der Waals surface area contributed by atoms with Crippen molar-refractivity contribution in [1.29, 1.82) is 0 Å². The average Bonchev–Trinajstić information content (AvgIpc) is 2.63. The predicted molar refractivity (Wildman–Crippen MR) is 107 cm³/mol. The van der Waals surface area contributed by atoms with Crippen molar-refractivity contribution in [2.24, 2.45) is 0 Å². The van der Waals surface area contributed by atoms with E-state index in [4.69, 9.17) is 11.5 Å². The number of anilines is 2. The molecule has 4 aromatic rings. The number of nitrogen functional groups attached to an aromatic ring is 2. The van der Waals surface area contributed by atoms with E-state index in [1.54, 1.807) is 0 Å². The van der Waals surface area contributed by atoms with Gasteiger partial charge in [0.2, 0.25) is 0 Å². The molecular weight excluding hydrogens is 426 g/mol. The van der Waals surface area contributed by atoms with Gasteiger partial charge in [0.05, 0.1) is 0 Å². The third kappa shape index (κ3) is 2.79. The number of hydrogen-bond donors (Lipinski definition) is 2. The fourth-order valence-electron chi connectivity index (χ4n) is 2.79. The summed E-state index contributed by atoms with van der Waals surface area (Å²) in [4.78, 5) is 0. The number of benzene rings is 4. The molecule has 118 valence electrons. The summed E-state index contributed by atoms with van der Waals surface area (Å²) in [5.74, 6) is 0. The first kappa shape index (κ1) is 15.6. The zero-order valence-electron chi connectivity index (χ0n) is 12.9. The van der Waals surface area contributed by atoms with E-state index in [2.05, 4.69) is 48.5 Å². The van der Waals surface area contributed by atoms with Gasteiger partial charge in [-0.1, -0.05) is 0 Å². The first-order chi connectivity index (χ1) is 11.7. The second-order valence-corrected chi connectivity index (χ2v) is 11.7. The summed E-state index contributed by atoms with van der Waals surface area (Å²) in [6.07, 6.45) is 0. The third-order valence-corrected chi connectivity index (χ3v) is 11.3. The van der Waals surface area contributed by atoms with Gasteiger partial charge < -0.3 is 0 Å². The van der Waals surface area contributed by atoms with Gasteiger partial charge in [-0.15, -0.1) is 0 Å². The van der Waals surface area contributed by atoms with Gasteiger partial charge in [-0.2, -0.15) is 0 Å². The van der Waals surface area contributed by atoms with Crippen molar-refractivity contribution >= 4 is 68.1 Å². The zero-order valence-corrected chi connectivity index (χ0v) is 16.3. The van der Waals surface area contributed by atoms with E-state index in [0.29, 0.717) is 26.3 Å². The molecule has 0 radical (unpaired) electrons. The molecule has 0 aliphatic rings. The Morgan fingerprint density at radius 2 is 0.917 bits per heavy atom. The molecular formula is C20H16N2Se2. The van der Waals surface area contributed by atoms with Crippen LogP contribution in [-0.4, -0.2) is 26.3 Å². The average molecular weight is 442 g/mol.